The van der Waals surface area contributed by atoms with Crippen molar-refractivity contribution in [3.8, 4) is 11.5 Å². The Bertz CT molecular complexity index is 2130. The second-order valence-electron chi connectivity index (χ2n) is 11.7. The summed E-state index contributed by atoms with van der Waals surface area (Å²) in [6.45, 7) is 5.44. The second kappa shape index (κ2) is 17.0. The lowest BCUT2D eigenvalue weighted by Crippen LogP contribution is -2.27. The molecule has 0 saturated carbocycles. The van der Waals surface area contributed by atoms with Gasteiger partial charge < -0.3 is 40.4 Å². The van der Waals surface area contributed by atoms with E-state index in [1.54, 1.807) is 57.2 Å². The van der Waals surface area contributed by atoms with Crippen LogP contribution in [0.5, 0.6) is 11.5 Å². The van der Waals surface area contributed by atoms with E-state index in [0.29, 0.717) is 12.2 Å². The number of imidazole rings is 1. The first-order valence-electron chi connectivity index (χ1n) is 16.5. The minimum Gasteiger partial charge on any atom is -0.483 e. The van der Waals surface area contributed by atoms with Gasteiger partial charge in [-0.1, -0.05) is 36.4 Å². The molecule has 4 amide bonds. The van der Waals surface area contributed by atoms with Crippen LogP contribution in [0.25, 0.3) is 0 Å². The Balaban J connectivity index is 1.23. The fourth-order valence-corrected chi connectivity index (χ4v) is 5.88. The number of nitrogens with one attached hydrogen (secondary N) is 7. The van der Waals surface area contributed by atoms with Gasteiger partial charge >= 0.3 is 0 Å². The number of halogens is 3. The molecule has 17 heteroatoms. The Morgan fingerprint density at radius 2 is 1.43 bits per heavy atom. The summed E-state index contributed by atoms with van der Waals surface area (Å²) in [6, 6.07) is 13.5. The first kappa shape index (κ1) is 38.3. The maximum atomic E-state index is 14.5. The molecular weight excluding hydrogens is 758 g/mol. The van der Waals surface area contributed by atoms with Crippen LogP contribution in [-0.2, 0) is 6.42 Å². The summed E-state index contributed by atoms with van der Waals surface area (Å²) in [7, 11) is 1.42. The molecule has 5 aromatic rings. The van der Waals surface area contributed by atoms with Gasteiger partial charge in [0.05, 0.1) is 10.7 Å². The van der Waals surface area contributed by atoms with Crippen molar-refractivity contribution < 1.29 is 37.4 Å². The lowest BCUT2D eigenvalue weighted by atomic mass is 10.1. The SMILES string of the molecule is CCNC(=O)c1[nH]c(C(=O)NCCc2cnc(NC(=O)c3cc(OC(C)c4ccccc4F)c(C(=O)NC)[nH]3)[nH]2)c(OC(C)c2ccccc2F)c1Br. The highest BCUT2D eigenvalue weighted by Crippen LogP contribution is 2.37. The van der Waals surface area contributed by atoms with Crippen LogP contribution >= 0.6 is 15.9 Å². The molecule has 0 radical (unpaired) electrons. The third kappa shape index (κ3) is 8.92. The molecule has 3 heterocycles. The van der Waals surface area contributed by atoms with Gasteiger partial charge in [-0.25, -0.2) is 13.8 Å². The lowest BCUT2D eigenvalue weighted by molar-refractivity contribution is 0.0935. The lowest BCUT2D eigenvalue weighted by Gasteiger charge is -2.16. The van der Waals surface area contributed by atoms with Gasteiger partial charge in [-0.3, -0.25) is 24.5 Å². The number of aromatic amines is 3. The Labute approximate surface area is 311 Å². The van der Waals surface area contributed by atoms with Gasteiger partial charge in [-0.05, 0) is 48.8 Å². The molecule has 0 bridgehead atoms. The molecule has 0 saturated heterocycles. The zero-order valence-electron chi connectivity index (χ0n) is 29.1. The Morgan fingerprint density at radius 3 is 2.06 bits per heavy atom. The van der Waals surface area contributed by atoms with Crippen LogP contribution in [0.2, 0.25) is 0 Å². The normalized spacial score (nSPS) is 12.1. The molecule has 0 fully saturated rings. The number of carbonyl (C=O) groups is 4. The van der Waals surface area contributed by atoms with Crippen molar-refractivity contribution in [3.05, 3.63) is 116 Å². The number of aromatic nitrogens is 4. The molecule has 0 aliphatic rings. The van der Waals surface area contributed by atoms with Crippen LogP contribution in [0.1, 0.15) is 91.8 Å². The summed E-state index contributed by atoms with van der Waals surface area (Å²) < 4.78 is 40.9. The molecule has 0 aliphatic carbocycles. The van der Waals surface area contributed by atoms with Crippen molar-refractivity contribution in [2.45, 2.75) is 39.4 Å². The maximum absolute atomic E-state index is 14.5. The summed E-state index contributed by atoms with van der Waals surface area (Å²) in [5, 5.41) is 10.5. The minimum absolute atomic E-state index is 0.0176. The van der Waals surface area contributed by atoms with Crippen LogP contribution < -0.4 is 30.7 Å². The maximum Gasteiger partial charge on any atom is 0.274 e. The molecule has 2 aromatic carbocycles. The van der Waals surface area contributed by atoms with Gasteiger partial charge in [0.25, 0.3) is 23.6 Å². The highest BCUT2D eigenvalue weighted by molar-refractivity contribution is 9.10. The molecule has 2 unspecified atom stereocenters. The summed E-state index contributed by atoms with van der Waals surface area (Å²) >= 11 is 3.36. The monoisotopic (exact) mass is 794 g/mol. The Hall–Kier alpha value is -5.97. The van der Waals surface area contributed by atoms with E-state index in [2.05, 4.69) is 57.1 Å². The third-order valence-corrected chi connectivity index (χ3v) is 8.75. The number of benzene rings is 2. The van der Waals surface area contributed by atoms with Gasteiger partial charge in [-0.15, -0.1) is 0 Å². The predicted molar refractivity (Wildman–Crippen MR) is 194 cm³/mol. The van der Waals surface area contributed by atoms with E-state index in [0.717, 1.165) is 0 Å². The van der Waals surface area contributed by atoms with E-state index in [-0.39, 0.29) is 68.8 Å². The molecule has 0 aliphatic heterocycles. The number of ether oxygens (including phenoxy) is 2. The van der Waals surface area contributed by atoms with Crippen molar-refractivity contribution in [2.24, 2.45) is 0 Å². The van der Waals surface area contributed by atoms with Crippen LogP contribution in [-0.4, -0.2) is 63.7 Å². The fraction of sp³-hybridized carbons (Fsp3) is 0.250. The van der Waals surface area contributed by atoms with Gasteiger partial charge in [0, 0.05) is 49.4 Å². The zero-order valence-corrected chi connectivity index (χ0v) is 30.7. The van der Waals surface area contributed by atoms with E-state index in [1.807, 2.05) is 0 Å². The second-order valence-corrected chi connectivity index (χ2v) is 12.5. The molecule has 14 nitrogen and oxygen atoms in total. The molecule has 7 N–H and O–H groups in total. The first-order chi connectivity index (χ1) is 25.4. The van der Waals surface area contributed by atoms with Crippen molar-refractivity contribution >= 4 is 45.5 Å². The third-order valence-electron chi connectivity index (χ3n) is 7.99. The highest BCUT2D eigenvalue weighted by Gasteiger charge is 2.28. The van der Waals surface area contributed by atoms with E-state index >= 15 is 0 Å². The van der Waals surface area contributed by atoms with Crippen molar-refractivity contribution in [1.82, 2.24) is 35.9 Å². The van der Waals surface area contributed by atoms with Gasteiger partial charge in [0.1, 0.15) is 46.6 Å². The van der Waals surface area contributed by atoms with Crippen LogP contribution in [0.15, 0.2) is 65.3 Å². The summed E-state index contributed by atoms with van der Waals surface area (Å²) in [4.78, 5) is 64.4. The predicted octanol–water partition coefficient (Wildman–Crippen LogP) is 5.72. The molecule has 3 aromatic heterocycles. The van der Waals surface area contributed by atoms with Crippen LogP contribution in [0, 0.1) is 11.6 Å². The van der Waals surface area contributed by atoms with Gasteiger partial charge in [0.15, 0.2) is 11.5 Å². The number of hydrogen-bond acceptors (Lipinski definition) is 7. The van der Waals surface area contributed by atoms with Crippen LogP contribution in [0.3, 0.4) is 0 Å². The topological polar surface area (TPSA) is 195 Å². The van der Waals surface area contributed by atoms with Crippen molar-refractivity contribution in [2.75, 3.05) is 25.5 Å². The average Bonchev–Trinajstić information content (AvgIpc) is 3.86. The summed E-state index contributed by atoms with van der Waals surface area (Å²) in [5.41, 5.74) is 1.06. The number of nitrogens with zero attached hydrogens (tertiary/aromatic N) is 1. The number of amides is 4. The largest absolute Gasteiger partial charge is 0.483 e. The number of H-pyrrole nitrogens is 3. The van der Waals surface area contributed by atoms with E-state index in [4.69, 9.17) is 9.47 Å². The van der Waals surface area contributed by atoms with E-state index in [9.17, 15) is 28.0 Å². The van der Waals surface area contributed by atoms with E-state index in [1.165, 1.54) is 31.4 Å². The van der Waals surface area contributed by atoms with Gasteiger partial charge in [-0.2, -0.15) is 0 Å². The van der Waals surface area contributed by atoms with E-state index < -0.39 is 47.5 Å². The van der Waals surface area contributed by atoms with Crippen LogP contribution in [0.4, 0.5) is 14.7 Å². The van der Waals surface area contributed by atoms with Crippen molar-refractivity contribution in [3.63, 3.8) is 0 Å². The minimum atomic E-state index is -0.807. The molecular formula is C36H37BrF2N8O6. The molecule has 5 rings (SSSR count). The standard InChI is InChI=1S/C36H37BrF2N8O6/c1-5-41-34(50)29-27(37)31(53-19(3)22-11-7-9-13-24(22)39)30(46-29)35(51)42-15-14-20-17-43-36(44-20)47-32(48)25-16-26(28(45-25)33(49)40-4)52-18(2)21-10-6-8-12-23(21)38/h6-13,16-19,45-46H,5,14-15H2,1-4H3,(H,40,49)(H,41,50)(H,42,51)(H2,43,44,47,48). The average molecular weight is 796 g/mol. The van der Waals surface area contributed by atoms with Gasteiger partial charge in [0.2, 0.25) is 5.95 Å². The number of hydrogen-bond donors (Lipinski definition) is 7. The van der Waals surface area contributed by atoms with Crippen molar-refractivity contribution in [1.29, 1.82) is 0 Å². The number of carbonyl (C=O) groups excluding carboxylic acids is 4. The fourth-order valence-electron chi connectivity index (χ4n) is 5.31. The Morgan fingerprint density at radius 1 is 0.811 bits per heavy atom. The quantitative estimate of drug-likeness (QED) is 0.0704. The smallest absolute Gasteiger partial charge is 0.274 e. The summed E-state index contributed by atoms with van der Waals surface area (Å²) in [6.07, 6.45) is 0.150. The number of rotatable bonds is 15. The molecule has 2 atom stereocenters. The zero-order chi connectivity index (χ0) is 38.2. The molecule has 278 valence electrons. The number of anilines is 1. The Kier molecular flexibility index (Phi) is 12.3. The highest BCUT2D eigenvalue weighted by atomic mass is 79.9. The summed E-state index contributed by atoms with van der Waals surface area (Å²) in [5.74, 6) is -3.05. The molecule has 53 heavy (non-hydrogen) atoms. The molecule has 0 spiro atoms. The first-order valence-corrected chi connectivity index (χ1v) is 17.3.